The molecule has 1 saturated heterocycles. The molecule has 1 aliphatic rings. The van der Waals surface area contributed by atoms with Crippen molar-refractivity contribution in [1.29, 1.82) is 0 Å². The number of benzene rings is 1. The number of hydrogen-bond donors (Lipinski definition) is 1. The van der Waals surface area contributed by atoms with Gasteiger partial charge in [0.05, 0.1) is 29.8 Å². The Labute approximate surface area is 125 Å². The standard InChI is InChI=1S/C15H22BNO4/c1-14(2)15(3,4)21-16(20-14)12(17)10-8-6-7-9-11(10)13(18)19-5/h6-9,12H,17H2,1-5H3/t12-/m1/s1. The van der Waals surface area contributed by atoms with E-state index in [9.17, 15) is 4.79 Å². The van der Waals surface area contributed by atoms with Crippen molar-refractivity contribution in [2.24, 2.45) is 5.73 Å². The molecule has 1 aromatic carbocycles. The Balaban J connectivity index is 2.30. The first-order valence-electron chi connectivity index (χ1n) is 6.98. The Bertz CT molecular complexity index is 528. The fourth-order valence-corrected chi connectivity index (χ4v) is 2.27. The van der Waals surface area contributed by atoms with Gasteiger partial charge in [0.1, 0.15) is 0 Å². The zero-order chi connectivity index (χ0) is 15.8. The summed E-state index contributed by atoms with van der Waals surface area (Å²) < 4.78 is 16.7. The van der Waals surface area contributed by atoms with Crippen molar-refractivity contribution in [1.82, 2.24) is 0 Å². The van der Waals surface area contributed by atoms with Gasteiger partial charge in [-0.2, -0.15) is 0 Å². The predicted molar refractivity (Wildman–Crippen MR) is 80.8 cm³/mol. The average molecular weight is 291 g/mol. The van der Waals surface area contributed by atoms with Crippen LogP contribution in [0.1, 0.15) is 49.6 Å². The molecule has 0 aromatic heterocycles. The maximum absolute atomic E-state index is 11.8. The number of esters is 1. The summed E-state index contributed by atoms with van der Waals surface area (Å²) >= 11 is 0. The lowest BCUT2D eigenvalue weighted by Gasteiger charge is -2.32. The minimum atomic E-state index is -0.610. The van der Waals surface area contributed by atoms with Crippen LogP contribution in [0.3, 0.4) is 0 Å². The molecule has 1 heterocycles. The molecular formula is C15H22BNO4. The molecule has 0 amide bonds. The largest absolute Gasteiger partial charge is 0.480 e. The second-order valence-electron chi connectivity index (χ2n) is 6.23. The molecule has 2 N–H and O–H groups in total. The van der Waals surface area contributed by atoms with Crippen molar-refractivity contribution in [3.05, 3.63) is 35.4 Å². The van der Waals surface area contributed by atoms with Crippen LogP contribution in [0, 0.1) is 0 Å². The van der Waals surface area contributed by atoms with Crippen molar-refractivity contribution in [2.75, 3.05) is 7.11 Å². The highest BCUT2D eigenvalue weighted by Gasteiger charge is 2.53. The van der Waals surface area contributed by atoms with Gasteiger partial charge in [0, 0.05) is 0 Å². The van der Waals surface area contributed by atoms with E-state index in [1.165, 1.54) is 7.11 Å². The second kappa shape index (κ2) is 5.44. The second-order valence-corrected chi connectivity index (χ2v) is 6.23. The van der Waals surface area contributed by atoms with Crippen LogP contribution in [0.15, 0.2) is 24.3 Å². The van der Waals surface area contributed by atoms with Gasteiger partial charge in [-0.1, -0.05) is 18.2 Å². The van der Waals surface area contributed by atoms with E-state index in [4.69, 9.17) is 19.8 Å². The Hall–Kier alpha value is -1.37. The SMILES string of the molecule is COC(=O)c1ccccc1[C@@H](N)B1OC(C)(C)C(C)(C)O1. The first-order valence-corrected chi connectivity index (χ1v) is 6.98. The number of carbonyl (C=O) groups is 1. The summed E-state index contributed by atoms with van der Waals surface area (Å²) in [6.07, 6.45) is 0. The van der Waals surface area contributed by atoms with Crippen molar-refractivity contribution in [3.8, 4) is 0 Å². The Kier molecular flexibility index (Phi) is 4.15. The first kappa shape index (κ1) is 16.0. The van der Waals surface area contributed by atoms with Crippen LogP contribution < -0.4 is 5.73 Å². The number of carbonyl (C=O) groups excluding carboxylic acids is 1. The van der Waals surface area contributed by atoms with Crippen LogP contribution >= 0.6 is 0 Å². The zero-order valence-corrected chi connectivity index (χ0v) is 13.2. The third-order valence-electron chi connectivity index (χ3n) is 4.29. The smallest absolute Gasteiger partial charge is 0.465 e. The summed E-state index contributed by atoms with van der Waals surface area (Å²) in [7, 11) is 0.736. The van der Waals surface area contributed by atoms with E-state index in [0.29, 0.717) is 11.1 Å². The summed E-state index contributed by atoms with van der Waals surface area (Å²) in [5.74, 6) is -0.987. The molecule has 114 valence electrons. The minimum Gasteiger partial charge on any atom is -0.465 e. The maximum Gasteiger partial charge on any atom is 0.480 e. The highest BCUT2D eigenvalue weighted by Crippen LogP contribution is 2.39. The van der Waals surface area contributed by atoms with Crippen LogP contribution in [0.5, 0.6) is 0 Å². The Morgan fingerprint density at radius 1 is 1.19 bits per heavy atom. The number of rotatable bonds is 3. The molecule has 0 radical (unpaired) electrons. The lowest BCUT2D eigenvalue weighted by atomic mass is 9.73. The normalized spacial score (nSPS) is 21.1. The van der Waals surface area contributed by atoms with Gasteiger partial charge < -0.3 is 19.8 Å². The van der Waals surface area contributed by atoms with Crippen molar-refractivity contribution >= 4 is 13.1 Å². The topological polar surface area (TPSA) is 70.8 Å². The van der Waals surface area contributed by atoms with E-state index >= 15 is 0 Å². The average Bonchev–Trinajstić information content (AvgIpc) is 2.66. The zero-order valence-electron chi connectivity index (χ0n) is 13.2. The number of nitrogens with two attached hydrogens (primary N) is 1. The van der Waals surface area contributed by atoms with E-state index < -0.39 is 30.2 Å². The van der Waals surface area contributed by atoms with Gasteiger partial charge in [-0.3, -0.25) is 0 Å². The van der Waals surface area contributed by atoms with Gasteiger partial charge in [0.2, 0.25) is 0 Å². The van der Waals surface area contributed by atoms with Crippen molar-refractivity contribution < 1.29 is 18.8 Å². The lowest BCUT2D eigenvalue weighted by Crippen LogP contribution is -2.41. The molecule has 2 rings (SSSR count). The Morgan fingerprint density at radius 2 is 1.71 bits per heavy atom. The number of methoxy groups -OCH3 is 1. The van der Waals surface area contributed by atoms with Crippen molar-refractivity contribution in [3.63, 3.8) is 0 Å². The molecule has 6 heteroatoms. The van der Waals surface area contributed by atoms with Crippen molar-refractivity contribution in [2.45, 2.75) is 44.8 Å². The van der Waals surface area contributed by atoms with E-state index in [-0.39, 0.29) is 0 Å². The number of ether oxygens (including phenoxy) is 1. The molecule has 5 nitrogen and oxygen atoms in total. The molecule has 0 saturated carbocycles. The van der Waals surface area contributed by atoms with Crippen LogP contribution in [0.25, 0.3) is 0 Å². The highest BCUT2D eigenvalue weighted by atomic mass is 16.7. The summed E-state index contributed by atoms with van der Waals surface area (Å²) in [6.45, 7) is 7.86. The molecule has 1 atom stereocenters. The lowest BCUT2D eigenvalue weighted by molar-refractivity contribution is 0.00578. The summed E-state index contributed by atoms with van der Waals surface area (Å²) in [5.41, 5.74) is 6.44. The van der Waals surface area contributed by atoms with Crippen LogP contribution in [-0.4, -0.2) is 31.4 Å². The van der Waals surface area contributed by atoms with Gasteiger partial charge in [-0.25, -0.2) is 4.79 Å². The van der Waals surface area contributed by atoms with E-state index in [0.717, 1.165) is 0 Å². The first-order chi connectivity index (χ1) is 9.69. The predicted octanol–water partition coefficient (Wildman–Crippen LogP) is 2.10. The van der Waals surface area contributed by atoms with Gasteiger partial charge in [-0.15, -0.1) is 0 Å². The minimum absolute atomic E-state index is 0.419. The maximum atomic E-state index is 11.8. The van der Waals surface area contributed by atoms with Gasteiger partial charge >= 0.3 is 13.1 Å². The molecule has 21 heavy (non-hydrogen) atoms. The van der Waals surface area contributed by atoms with Crippen LogP contribution in [-0.2, 0) is 14.0 Å². The van der Waals surface area contributed by atoms with Crippen LogP contribution in [0.4, 0.5) is 0 Å². The molecule has 0 bridgehead atoms. The fraction of sp³-hybridized carbons (Fsp3) is 0.533. The van der Waals surface area contributed by atoms with Gasteiger partial charge in [0.15, 0.2) is 0 Å². The van der Waals surface area contributed by atoms with Gasteiger partial charge in [0.25, 0.3) is 0 Å². The fourth-order valence-electron chi connectivity index (χ4n) is 2.27. The monoisotopic (exact) mass is 291 g/mol. The van der Waals surface area contributed by atoms with Crippen LogP contribution in [0.2, 0.25) is 0 Å². The summed E-state index contributed by atoms with van der Waals surface area (Å²) in [6, 6.07) is 7.08. The molecule has 0 unspecified atom stereocenters. The van der Waals surface area contributed by atoms with E-state index in [1.54, 1.807) is 18.2 Å². The third-order valence-corrected chi connectivity index (χ3v) is 4.29. The molecule has 0 aliphatic carbocycles. The Morgan fingerprint density at radius 3 is 2.24 bits per heavy atom. The van der Waals surface area contributed by atoms with E-state index in [2.05, 4.69) is 0 Å². The summed E-state index contributed by atoms with van der Waals surface area (Å²) in [4.78, 5) is 11.8. The van der Waals surface area contributed by atoms with E-state index in [1.807, 2.05) is 33.8 Å². The molecule has 1 fully saturated rings. The third kappa shape index (κ3) is 2.84. The highest BCUT2D eigenvalue weighted by molar-refractivity contribution is 6.47. The van der Waals surface area contributed by atoms with Gasteiger partial charge in [-0.05, 0) is 39.3 Å². The molecular weight excluding hydrogens is 269 g/mol. The quantitative estimate of drug-likeness (QED) is 0.682. The molecule has 1 aliphatic heterocycles. The number of hydrogen-bond acceptors (Lipinski definition) is 5. The summed E-state index contributed by atoms with van der Waals surface area (Å²) in [5, 5.41) is 0. The molecule has 0 spiro atoms. The molecule has 1 aromatic rings.